The summed E-state index contributed by atoms with van der Waals surface area (Å²) < 4.78 is 5.74. The van der Waals surface area contributed by atoms with Crippen LogP contribution in [0.25, 0.3) is 0 Å². The molecule has 5 nitrogen and oxygen atoms in total. The highest BCUT2D eigenvalue weighted by Crippen LogP contribution is 2.39. The summed E-state index contributed by atoms with van der Waals surface area (Å²) in [6.45, 7) is 4.17. The maximum atomic E-state index is 12.7. The van der Waals surface area contributed by atoms with Crippen LogP contribution >= 0.6 is 11.6 Å². The van der Waals surface area contributed by atoms with E-state index in [-0.39, 0.29) is 12.0 Å². The molecule has 21 heavy (non-hydrogen) atoms. The highest BCUT2D eigenvalue weighted by atomic mass is 35.5. The van der Waals surface area contributed by atoms with Gasteiger partial charge in [-0.1, -0.05) is 17.7 Å². The van der Waals surface area contributed by atoms with Crippen molar-refractivity contribution in [3.05, 3.63) is 47.0 Å². The van der Waals surface area contributed by atoms with E-state index >= 15 is 0 Å². The van der Waals surface area contributed by atoms with Crippen LogP contribution in [0.1, 0.15) is 23.1 Å². The van der Waals surface area contributed by atoms with Gasteiger partial charge in [0, 0.05) is 6.20 Å². The maximum Gasteiger partial charge on any atom is 0.278 e. The molecule has 3 rings (SSSR count). The number of aromatic nitrogens is 2. The maximum absolute atomic E-state index is 12.7. The summed E-state index contributed by atoms with van der Waals surface area (Å²) in [6, 6.07) is 5.35. The van der Waals surface area contributed by atoms with Crippen LogP contribution in [0, 0.1) is 6.92 Å². The number of aryl methyl sites for hydroxylation is 1. The van der Waals surface area contributed by atoms with Gasteiger partial charge >= 0.3 is 0 Å². The third-order valence-electron chi connectivity index (χ3n) is 3.24. The van der Waals surface area contributed by atoms with Crippen molar-refractivity contribution in [2.24, 2.45) is 0 Å². The molecule has 6 heteroatoms. The van der Waals surface area contributed by atoms with Crippen molar-refractivity contribution in [3.63, 3.8) is 0 Å². The van der Waals surface area contributed by atoms with Gasteiger partial charge in [0.05, 0.1) is 29.1 Å². The number of hydrogen-bond donors (Lipinski definition) is 0. The summed E-state index contributed by atoms with van der Waals surface area (Å²) in [5.74, 6) is 0.326. The fraction of sp³-hybridized carbons (Fsp3) is 0.267. The van der Waals surface area contributed by atoms with Gasteiger partial charge in [0.1, 0.15) is 11.8 Å². The van der Waals surface area contributed by atoms with Gasteiger partial charge in [-0.2, -0.15) is 0 Å². The fourth-order valence-corrected chi connectivity index (χ4v) is 2.47. The van der Waals surface area contributed by atoms with Crippen LogP contribution in [0.15, 0.2) is 30.6 Å². The molecule has 108 valence electrons. The molecule has 1 amide bonds. The normalized spacial score (nSPS) is 17.1. The van der Waals surface area contributed by atoms with Crippen molar-refractivity contribution in [1.29, 1.82) is 0 Å². The second-order valence-corrected chi connectivity index (χ2v) is 5.38. The molecule has 0 N–H and O–H groups in total. The van der Waals surface area contributed by atoms with Crippen molar-refractivity contribution in [3.8, 4) is 5.75 Å². The van der Waals surface area contributed by atoms with Crippen LogP contribution in [0.4, 0.5) is 5.69 Å². The Morgan fingerprint density at radius 3 is 2.90 bits per heavy atom. The number of rotatable bonds is 1. The molecular weight excluding hydrogens is 290 g/mol. The number of fused-ring (bicyclic) bond motifs is 1. The smallest absolute Gasteiger partial charge is 0.278 e. The number of carbonyl (C=O) groups excluding carboxylic acids is 1. The van der Waals surface area contributed by atoms with Gasteiger partial charge in [-0.25, -0.2) is 4.98 Å². The van der Waals surface area contributed by atoms with Crippen molar-refractivity contribution in [2.75, 3.05) is 11.4 Å². The zero-order valence-corrected chi connectivity index (χ0v) is 12.5. The Morgan fingerprint density at radius 2 is 2.19 bits per heavy atom. The summed E-state index contributed by atoms with van der Waals surface area (Å²) in [6.07, 6.45) is 2.93. The summed E-state index contributed by atoms with van der Waals surface area (Å²) in [7, 11) is 0. The molecular formula is C15H14ClN3O2. The average molecular weight is 304 g/mol. The molecule has 0 saturated heterocycles. The van der Waals surface area contributed by atoms with E-state index in [0.29, 0.717) is 28.7 Å². The molecule has 0 aliphatic carbocycles. The third kappa shape index (κ3) is 2.56. The van der Waals surface area contributed by atoms with Crippen LogP contribution in [0.3, 0.4) is 0 Å². The topological polar surface area (TPSA) is 55.3 Å². The Kier molecular flexibility index (Phi) is 3.51. The average Bonchev–Trinajstić information content (AvgIpc) is 2.47. The standard InChI is InChI=1S/C15H14ClN3O2/c1-9-6-18-12(7-17-9)15(20)19-8-10(2)21-14-11(16)4-3-5-13(14)19/h3-7,10H,8H2,1-2H3/t10-/m0/s1. The number of nitrogens with zero attached hydrogens (tertiary/aromatic N) is 3. The SMILES string of the molecule is Cc1cnc(C(=O)N2C[C@H](C)Oc3c(Cl)cccc32)cn1. The van der Waals surface area contributed by atoms with Gasteiger partial charge in [-0.15, -0.1) is 0 Å². The number of halogens is 1. The third-order valence-corrected chi connectivity index (χ3v) is 3.54. The lowest BCUT2D eigenvalue weighted by atomic mass is 10.2. The first-order valence-electron chi connectivity index (χ1n) is 6.62. The molecule has 0 unspecified atom stereocenters. The van der Waals surface area contributed by atoms with Gasteiger partial charge in [0.2, 0.25) is 0 Å². The van der Waals surface area contributed by atoms with E-state index in [9.17, 15) is 4.79 Å². The number of amides is 1. The lowest BCUT2D eigenvalue weighted by Gasteiger charge is -2.33. The molecule has 1 aromatic heterocycles. The zero-order chi connectivity index (χ0) is 15.0. The summed E-state index contributed by atoms with van der Waals surface area (Å²) in [4.78, 5) is 22.6. The van der Waals surface area contributed by atoms with Crippen LogP contribution in [-0.4, -0.2) is 28.5 Å². The van der Waals surface area contributed by atoms with Crippen LogP contribution < -0.4 is 9.64 Å². The molecule has 1 atom stereocenters. The largest absolute Gasteiger partial charge is 0.485 e. The van der Waals surface area contributed by atoms with Crippen LogP contribution in [0.5, 0.6) is 5.75 Å². The number of ether oxygens (including phenoxy) is 1. The monoisotopic (exact) mass is 303 g/mol. The second kappa shape index (κ2) is 5.33. The van der Waals surface area contributed by atoms with Gasteiger partial charge in [0.25, 0.3) is 5.91 Å². The van der Waals surface area contributed by atoms with E-state index in [1.807, 2.05) is 19.9 Å². The molecule has 1 aliphatic heterocycles. The van der Waals surface area contributed by atoms with E-state index in [4.69, 9.17) is 16.3 Å². The van der Waals surface area contributed by atoms with Crippen molar-refractivity contribution in [1.82, 2.24) is 9.97 Å². The molecule has 1 aromatic carbocycles. The van der Waals surface area contributed by atoms with E-state index < -0.39 is 0 Å². The lowest BCUT2D eigenvalue weighted by Crippen LogP contribution is -2.42. The minimum absolute atomic E-state index is 0.139. The van der Waals surface area contributed by atoms with E-state index in [1.54, 1.807) is 23.2 Å². The first kappa shape index (κ1) is 13.8. The Balaban J connectivity index is 2.01. The minimum atomic E-state index is -0.207. The second-order valence-electron chi connectivity index (χ2n) is 4.98. The zero-order valence-electron chi connectivity index (χ0n) is 11.7. The summed E-state index contributed by atoms with van der Waals surface area (Å²) in [5.41, 5.74) is 1.74. The lowest BCUT2D eigenvalue weighted by molar-refractivity contribution is 0.0956. The number of anilines is 1. The van der Waals surface area contributed by atoms with E-state index in [0.717, 1.165) is 5.69 Å². The molecule has 0 bridgehead atoms. The van der Waals surface area contributed by atoms with E-state index in [2.05, 4.69) is 9.97 Å². The van der Waals surface area contributed by atoms with Crippen molar-refractivity contribution in [2.45, 2.75) is 20.0 Å². The molecule has 0 saturated carbocycles. The first-order valence-corrected chi connectivity index (χ1v) is 6.99. The molecule has 2 heterocycles. The number of carbonyl (C=O) groups is 1. The number of para-hydroxylation sites is 1. The predicted molar refractivity (Wildman–Crippen MR) is 80.0 cm³/mol. The van der Waals surface area contributed by atoms with Gasteiger partial charge in [-0.3, -0.25) is 14.7 Å². The number of benzene rings is 1. The van der Waals surface area contributed by atoms with Gasteiger partial charge < -0.3 is 4.74 Å². The van der Waals surface area contributed by atoms with Crippen LogP contribution in [0.2, 0.25) is 5.02 Å². The predicted octanol–water partition coefficient (Wildman–Crippen LogP) is 2.87. The van der Waals surface area contributed by atoms with Crippen molar-refractivity contribution < 1.29 is 9.53 Å². The molecule has 0 spiro atoms. The Bertz CT molecular complexity index is 688. The molecule has 0 fully saturated rings. The summed E-state index contributed by atoms with van der Waals surface area (Å²) >= 11 is 6.15. The Labute approximate surface area is 127 Å². The van der Waals surface area contributed by atoms with Gasteiger partial charge in [-0.05, 0) is 26.0 Å². The first-order chi connectivity index (χ1) is 10.1. The fourth-order valence-electron chi connectivity index (χ4n) is 2.25. The molecule has 0 radical (unpaired) electrons. The van der Waals surface area contributed by atoms with Gasteiger partial charge in [0.15, 0.2) is 5.75 Å². The van der Waals surface area contributed by atoms with Crippen molar-refractivity contribution >= 4 is 23.2 Å². The van der Waals surface area contributed by atoms with E-state index in [1.165, 1.54) is 6.20 Å². The summed E-state index contributed by atoms with van der Waals surface area (Å²) in [5, 5.41) is 0.492. The number of hydrogen-bond acceptors (Lipinski definition) is 4. The highest BCUT2D eigenvalue weighted by Gasteiger charge is 2.30. The Hall–Kier alpha value is -2.14. The van der Waals surface area contributed by atoms with Crippen LogP contribution in [-0.2, 0) is 0 Å². The molecule has 1 aliphatic rings. The molecule has 2 aromatic rings. The Morgan fingerprint density at radius 1 is 1.38 bits per heavy atom. The highest BCUT2D eigenvalue weighted by molar-refractivity contribution is 6.32. The quantitative estimate of drug-likeness (QED) is 0.813. The minimum Gasteiger partial charge on any atom is -0.485 e.